The predicted molar refractivity (Wildman–Crippen MR) is 135 cm³/mol. The first-order chi connectivity index (χ1) is 16.6. The third-order valence-corrected chi connectivity index (χ3v) is 7.61. The monoisotopic (exact) mass is 489 g/mol. The Morgan fingerprint density at radius 1 is 0.971 bits per heavy atom. The summed E-state index contributed by atoms with van der Waals surface area (Å²) >= 11 is 7.92. The maximum Gasteiger partial charge on any atom is 0.240 e. The number of carbonyl (C=O) groups excluding carboxylic acids is 1. The van der Waals surface area contributed by atoms with Crippen molar-refractivity contribution in [1.82, 2.24) is 24.6 Å². The van der Waals surface area contributed by atoms with Gasteiger partial charge in [0, 0.05) is 36.1 Å². The van der Waals surface area contributed by atoms with E-state index in [2.05, 4.69) is 15.2 Å². The number of hydrogen-bond donors (Lipinski definition) is 0. The number of rotatable bonds is 6. The van der Waals surface area contributed by atoms with Crippen molar-refractivity contribution in [1.29, 1.82) is 0 Å². The van der Waals surface area contributed by atoms with E-state index in [1.54, 1.807) is 12.4 Å². The zero-order chi connectivity index (χ0) is 23.5. The molecule has 0 spiro atoms. The largest absolute Gasteiger partial charge is 0.341 e. The molecule has 1 fully saturated rings. The maximum atomic E-state index is 13.6. The number of nitrogens with zero attached hydrogens (tertiary/aromatic N) is 5. The van der Waals surface area contributed by atoms with Crippen LogP contribution in [0.2, 0.25) is 5.02 Å². The lowest BCUT2D eigenvalue weighted by Crippen LogP contribution is -2.31. The maximum absolute atomic E-state index is 13.6. The standard InChI is InChI=1S/C26H24ClN5OS/c1-18-21(27)10-7-11-22(18)32-24(20-12-14-28-15-13-20)29-30-26(32)34-23(19-8-3-2-4-9-19)25(33)31-16-5-6-17-31/h2-4,7-15,23H,5-6,16-17H2,1H3/t23-/m1/s1. The molecule has 0 bridgehead atoms. The van der Waals surface area contributed by atoms with Crippen LogP contribution in [0.4, 0.5) is 0 Å². The molecule has 1 saturated heterocycles. The molecule has 2 aromatic carbocycles. The van der Waals surface area contributed by atoms with Crippen LogP contribution in [0.25, 0.3) is 17.1 Å². The highest BCUT2D eigenvalue weighted by Crippen LogP contribution is 2.40. The summed E-state index contributed by atoms with van der Waals surface area (Å²) in [5, 5.41) is 9.97. The van der Waals surface area contributed by atoms with Gasteiger partial charge in [0.2, 0.25) is 5.91 Å². The summed E-state index contributed by atoms with van der Waals surface area (Å²) in [7, 11) is 0. The van der Waals surface area contributed by atoms with E-state index < -0.39 is 5.25 Å². The molecular formula is C26H24ClN5OS. The molecule has 2 aromatic heterocycles. The Morgan fingerprint density at radius 3 is 2.44 bits per heavy atom. The van der Waals surface area contributed by atoms with Crippen LogP contribution in [-0.2, 0) is 4.79 Å². The summed E-state index contributed by atoms with van der Waals surface area (Å²) in [4.78, 5) is 19.7. The second-order valence-corrected chi connectivity index (χ2v) is 9.68. The van der Waals surface area contributed by atoms with E-state index >= 15 is 0 Å². The summed E-state index contributed by atoms with van der Waals surface area (Å²) in [6.07, 6.45) is 5.55. The first-order valence-corrected chi connectivity index (χ1v) is 12.5. The van der Waals surface area contributed by atoms with Gasteiger partial charge in [0.1, 0.15) is 5.25 Å². The summed E-state index contributed by atoms with van der Waals surface area (Å²) in [6.45, 7) is 3.57. The zero-order valence-corrected chi connectivity index (χ0v) is 20.3. The minimum Gasteiger partial charge on any atom is -0.341 e. The first-order valence-electron chi connectivity index (χ1n) is 11.2. The molecule has 34 heavy (non-hydrogen) atoms. The number of likely N-dealkylation sites (tertiary alicyclic amines) is 1. The van der Waals surface area contributed by atoms with Crippen molar-refractivity contribution in [3.8, 4) is 17.1 Å². The molecular weight excluding hydrogens is 466 g/mol. The van der Waals surface area contributed by atoms with Crippen molar-refractivity contribution in [3.63, 3.8) is 0 Å². The van der Waals surface area contributed by atoms with Gasteiger partial charge >= 0.3 is 0 Å². The Hall–Kier alpha value is -3.16. The van der Waals surface area contributed by atoms with E-state index in [0.717, 1.165) is 48.3 Å². The van der Waals surface area contributed by atoms with Gasteiger partial charge in [-0.15, -0.1) is 10.2 Å². The van der Waals surface area contributed by atoms with Gasteiger partial charge < -0.3 is 4.90 Å². The van der Waals surface area contributed by atoms with Crippen LogP contribution in [-0.4, -0.2) is 43.6 Å². The van der Waals surface area contributed by atoms with Crippen molar-refractivity contribution in [2.45, 2.75) is 30.2 Å². The molecule has 4 aromatic rings. The molecule has 0 N–H and O–H groups in total. The van der Waals surface area contributed by atoms with Gasteiger partial charge in [0.15, 0.2) is 11.0 Å². The van der Waals surface area contributed by atoms with E-state index in [4.69, 9.17) is 11.6 Å². The molecule has 8 heteroatoms. The molecule has 3 heterocycles. The number of thioether (sulfide) groups is 1. The average molecular weight is 490 g/mol. The lowest BCUT2D eigenvalue weighted by molar-refractivity contribution is -0.129. The molecule has 1 aliphatic heterocycles. The summed E-state index contributed by atoms with van der Waals surface area (Å²) in [6, 6.07) is 19.5. The second-order valence-electron chi connectivity index (χ2n) is 8.20. The average Bonchev–Trinajstić information content (AvgIpc) is 3.56. The van der Waals surface area contributed by atoms with Crippen molar-refractivity contribution < 1.29 is 4.79 Å². The Morgan fingerprint density at radius 2 is 1.71 bits per heavy atom. The summed E-state index contributed by atoms with van der Waals surface area (Å²) in [5.41, 5.74) is 3.64. The van der Waals surface area contributed by atoms with Gasteiger partial charge in [0.05, 0.1) is 5.69 Å². The van der Waals surface area contributed by atoms with Crippen LogP contribution in [0.3, 0.4) is 0 Å². The molecule has 0 aliphatic carbocycles. The highest BCUT2D eigenvalue weighted by molar-refractivity contribution is 8.00. The quantitative estimate of drug-likeness (QED) is 0.323. The predicted octanol–water partition coefficient (Wildman–Crippen LogP) is 5.75. The van der Waals surface area contributed by atoms with Gasteiger partial charge in [-0.1, -0.05) is 59.8 Å². The molecule has 1 atom stereocenters. The fourth-order valence-electron chi connectivity index (χ4n) is 4.19. The van der Waals surface area contributed by atoms with Crippen LogP contribution in [0.5, 0.6) is 0 Å². The van der Waals surface area contributed by atoms with E-state index in [9.17, 15) is 4.79 Å². The van der Waals surface area contributed by atoms with Gasteiger partial charge in [-0.05, 0) is 55.2 Å². The number of carbonyl (C=O) groups is 1. The SMILES string of the molecule is Cc1c(Cl)cccc1-n1c(S[C@@H](C(=O)N2CCCC2)c2ccccc2)nnc1-c1ccncc1. The Bertz CT molecular complexity index is 1290. The van der Waals surface area contributed by atoms with Gasteiger partial charge in [0.25, 0.3) is 0 Å². The lowest BCUT2D eigenvalue weighted by atomic mass is 10.1. The fourth-order valence-corrected chi connectivity index (χ4v) is 5.49. The van der Waals surface area contributed by atoms with E-state index in [1.165, 1.54) is 11.8 Å². The van der Waals surface area contributed by atoms with Crippen LogP contribution >= 0.6 is 23.4 Å². The lowest BCUT2D eigenvalue weighted by Gasteiger charge is -2.23. The number of amides is 1. The third-order valence-electron chi connectivity index (χ3n) is 6.02. The zero-order valence-electron chi connectivity index (χ0n) is 18.8. The van der Waals surface area contributed by atoms with E-state index in [0.29, 0.717) is 16.0 Å². The smallest absolute Gasteiger partial charge is 0.240 e. The summed E-state index contributed by atoms with van der Waals surface area (Å²) < 4.78 is 1.99. The Balaban J connectivity index is 1.63. The fraction of sp³-hybridized carbons (Fsp3) is 0.231. The third kappa shape index (κ3) is 4.45. The topological polar surface area (TPSA) is 63.9 Å². The molecule has 0 radical (unpaired) electrons. The normalized spacial score (nSPS) is 14.4. The van der Waals surface area contributed by atoms with Crippen LogP contribution in [0.1, 0.15) is 29.2 Å². The number of benzene rings is 2. The number of aromatic nitrogens is 4. The van der Waals surface area contributed by atoms with Crippen molar-refractivity contribution in [2.75, 3.05) is 13.1 Å². The highest BCUT2D eigenvalue weighted by Gasteiger charge is 2.31. The molecule has 6 nitrogen and oxygen atoms in total. The van der Waals surface area contributed by atoms with E-state index in [-0.39, 0.29) is 5.91 Å². The van der Waals surface area contributed by atoms with Crippen molar-refractivity contribution in [3.05, 3.63) is 89.2 Å². The van der Waals surface area contributed by atoms with Gasteiger partial charge in [-0.25, -0.2) is 0 Å². The Labute approximate surface area is 208 Å². The molecule has 1 amide bonds. The first kappa shape index (κ1) is 22.6. The van der Waals surface area contributed by atoms with E-state index in [1.807, 2.05) is 77.1 Å². The van der Waals surface area contributed by atoms with Gasteiger partial charge in [-0.2, -0.15) is 0 Å². The summed E-state index contributed by atoms with van der Waals surface area (Å²) in [5.74, 6) is 0.784. The minimum absolute atomic E-state index is 0.108. The highest BCUT2D eigenvalue weighted by atomic mass is 35.5. The number of hydrogen-bond acceptors (Lipinski definition) is 5. The Kier molecular flexibility index (Phi) is 6.65. The molecule has 1 aliphatic rings. The van der Waals surface area contributed by atoms with Crippen LogP contribution in [0, 0.1) is 6.92 Å². The van der Waals surface area contributed by atoms with Crippen LogP contribution in [0.15, 0.2) is 78.2 Å². The second kappa shape index (κ2) is 9.99. The molecule has 5 rings (SSSR count). The van der Waals surface area contributed by atoms with Crippen molar-refractivity contribution in [2.24, 2.45) is 0 Å². The molecule has 172 valence electrons. The van der Waals surface area contributed by atoms with Crippen LogP contribution < -0.4 is 0 Å². The molecule has 0 unspecified atom stereocenters. The number of pyridine rings is 1. The van der Waals surface area contributed by atoms with Gasteiger partial charge in [-0.3, -0.25) is 14.3 Å². The molecule has 0 saturated carbocycles. The number of halogens is 1. The minimum atomic E-state index is -0.424. The van der Waals surface area contributed by atoms with Crippen molar-refractivity contribution >= 4 is 29.3 Å².